The number of thiophene rings is 1. The van der Waals surface area contributed by atoms with E-state index in [1.807, 2.05) is 18.5 Å². The van der Waals surface area contributed by atoms with Gasteiger partial charge in [-0.3, -0.25) is 0 Å². The minimum Gasteiger partial charge on any atom is -0.373 e. The molecule has 23 heavy (non-hydrogen) atoms. The first kappa shape index (κ1) is 14.5. The molecule has 1 aliphatic rings. The number of aromatic nitrogens is 5. The summed E-state index contributed by atoms with van der Waals surface area (Å²) in [6.45, 7) is 6.91. The van der Waals surface area contributed by atoms with Crippen LogP contribution in [0.4, 0.5) is 5.82 Å². The van der Waals surface area contributed by atoms with Gasteiger partial charge in [-0.05, 0) is 25.3 Å². The molecule has 1 saturated heterocycles. The number of anilines is 1. The zero-order valence-corrected chi connectivity index (χ0v) is 14.0. The molecule has 0 unspecified atom stereocenters. The van der Waals surface area contributed by atoms with Gasteiger partial charge < -0.3 is 9.64 Å². The Hall–Kier alpha value is -2.06. The molecule has 1 aliphatic heterocycles. The molecule has 0 aliphatic carbocycles. The number of nitrogens with zero attached hydrogens (tertiary/aromatic N) is 6. The maximum atomic E-state index is 5.92. The molecule has 0 amide bonds. The summed E-state index contributed by atoms with van der Waals surface area (Å²) in [4.78, 5) is 16.5. The highest BCUT2D eigenvalue weighted by Crippen LogP contribution is 2.27. The molecule has 8 heteroatoms. The Bertz CT molecular complexity index is 828. The van der Waals surface area contributed by atoms with E-state index in [-0.39, 0.29) is 6.10 Å². The van der Waals surface area contributed by atoms with Crippen LogP contribution in [0, 0.1) is 13.8 Å². The van der Waals surface area contributed by atoms with E-state index in [9.17, 15) is 0 Å². The van der Waals surface area contributed by atoms with Gasteiger partial charge in [0.25, 0.3) is 0 Å². The normalized spacial score (nSPS) is 18.7. The van der Waals surface area contributed by atoms with E-state index in [0.29, 0.717) is 13.2 Å². The molecular formula is C15H18N6OS. The van der Waals surface area contributed by atoms with Crippen molar-refractivity contribution >= 4 is 27.4 Å². The molecule has 4 rings (SSSR count). The van der Waals surface area contributed by atoms with Gasteiger partial charge in [0.2, 0.25) is 0 Å². The summed E-state index contributed by atoms with van der Waals surface area (Å²) in [5.41, 5.74) is 0. The van der Waals surface area contributed by atoms with Crippen LogP contribution in [0.5, 0.6) is 0 Å². The summed E-state index contributed by atoms with van der Waals surface area (Å²) in [6, 6.07) is 2.09. The molecule has 0 radical (unpaired) electrons. The van der Waals surface area contributed by atoms with E-state index >= 15 is 0 Å². The van der Waals surface area contributed by atoms with Gasteiger partial charge in [-0.15, -0.1) is 11.3 Å². The van der Waals surface area contributed by atoms with Crippen LogP contribution in [0.1, 0.15) is 11.6 Å². The first-order chi connectivity index (χ1) is 11.2. The van der Waals surface area contributed by atoms with Crippen molar-refractivity contribution in [3.05, 3.63) is 29.4 Å². The molecule has 0 spiro atoms. The lowest BCUT2D eigenvalue weighted by Crippen LogP contribution is -2.45. The molecule has 3 aromatic rings. The standard InChI is InChI=1S/C15H18N6OS/c1-10-18-11(2)21(19-10)8-12-7-20(4-5-22-12)14-13-3-6-23-15(13)17-9-16-14/h3,6,9,12H,4-5,7-8H2,1-2H3/t12-/m0/s1. The van der Waals surface area contributed by atoms with E-state index in [1.54, 1.807) is 17.7 Å². The van der Waals surface area contributed by atoms with Gasteiger partial charge in [-0.1, -0.05) is 0 Å². The Morgan fingerprint density at radius 1 is 1.35 bits per heavy atom. The van der Waals surface area contributed by atoms with Gasteiger partial charge in [-0.25, -0.2) is 19.6 Å². The number of hydrogen-bond donors (Lipinski definition) is 0. The van der Waals surface area contributed by atoms with E-state index < -0.39 is 0 Å². The van der Waals surface area contributed by atoms with Crippen LogP contribution in [0.15, 0.2) is 17.8 Å². The second-order valence-electron chi connectivity index (χ2n) is 5.66. The molecule has 4 heterocycles. The van der Waals surface area contributed by atoms with Crippen LogP contribution in [-0.4, -0.2) is 50.5 Å². The predicted octanol–water partition coefficient (Wildman–Crippen LogP) is 1.81. The summed E-state index contributed by atoms with van der Waals surface area (Å²) < 4.78 is 7.84. The number of fused-ring (bicyclic) bond motifs is 1. The summed E-state index contributed by atoms with van der Waals surface area (Å²) >= 11 is 1.64. The van der Waals surface area contributed by atoms with Crippen LogP contribution < -0.4 is 4.90 Å². The highest BCUT2D eigenvalue weighted by Gasteiger charge is 2.24. The summed E-state index contributed by atoms with van der Waals surface area (Å²) in [5, 5.41) is 7.60. The fraction of sp³-hybridized carbons (Fsp3) is 0.467. The second kappa shape index (κ2) is 5.86. The maximum absolute atomic E-state index is 5.92. The molecule has 0 bridgehead atoms. The highest BCUT2D eigenvalue weighted by molar-refractivity contribution is 7.16. The molecule has 0 aromatic carbocycles. The van der Waals surface area contributed by atoms with E-state index in [2.05, 4.69) is 36.4 Å². The minimum atomic E-state index is 0.0761. The zero-order chi connectivity index (χ0) is 15.8. The third-order valence-electron chi connectivity index (χ3n) is 4.02. The Kier molecular flexibility index (Phi) is 3.70. The van der Waals surface area contributed by atoms with Crippen molar-refractivity contribution in [2.75, 3.05) is 24.6 Å². The summed E-state index contributed by atoms with van der Waals surface area (Å²) in [6.07, 6.45) is 1.72. The smallest absolute Gasteiger partial charge is 0.147 e. The third-order valence-corrected chi connectivity index (χ3v) is 4.84. The number of ether oxygens (including phenoxy) is 1. The lowest BCUT2D eigenvalue weighted by Gasteiger charge is -2.34. The molecule has 7 nitrogen and oxygen atoms in total. The van der Waals surface area contributed by atoms with Crippen LogP contribution in [0.3, 0.4) is 0 Å². The minimum absolute atomic E-state index is 0.0761. The molecule has 3 aromatic heterocycles. The van der Waals surface area contributed by atoms with Gasteiger partial charge >= 0.3 is 0 Å². The predicted molar refractivity (Wildman–Crippen MR) is 88.9 cm³/mol. The van der Waals surface area contributed by atoms with Crippen LogP contribution in [0.2, 0.25) is 0 Å². The maximum Gasteiger partial charge on any atom is 0.147 e. The highest BCUT2D eigenvalue weighted by atomic mass is 32.1. The van der Waals surface area contributed by atoms with Gasteiger partial charge in [0.1, 0.15) is 28.6 Å². The SMILES string of the molecule is Cc1nc(C)n(C[C@@H]2CN(c3ncnc4sccc34)CCO2)n1. The lowest BCUT2D eigenvalue weighted by molar-refractivity contribution is 0.0268. The monoisotopic (exact) mass is 330 g/mol. The fourth-order valence-electron chi connectivity index (χ4n) is 2.98. The molecule has 0 N–H and O–H groups in total. The van der Waals surface area contributed by atoms with Crippen molar-refractivity contribution in [3.8, 4) is 0 Å². The fourth-order valence-corrected chi connectivity index (χ4v) is 3.71. The Morgan fingerprint density at radius 2 is 2.26 bits per heavy atom. The van der Waals surface area contributed by atoms with Gasteiger partial charge in [0.05, 0.1) is 24.6 Å². The van der Waals surface area contributed by atoms with Gasteiger partial charge in [0.15, 0.2) is 0 Å². The summed E-state index contributed by atoms with van der Waals surface area (Å²) in [7, 11) is 0. The van der Waals surface area contributed by atoms with Gasteiger partial charge in [-0.2, -0.15) is 5.10 Å². The van der Waals surface area contributed by atoms with Crippen molar-refractivity contribution in [1.82, 2.24) is 24.7 Å². The van der Waals surface area contributed by atoms with Gasteiger partial charge in [0, 0.05) is 13.1 Å². The molecule has 120 valence electrons. The van der Waals surface area contributed by atoms with Crippen molar-refractivity contribution < 1.29 is 4.74 Å². The Morgan fingerprint density at radius 3 is 3.09 bits per heavy atom. The Labute approximate surface area is 137 Å². The summed E-state index contributed by atoms with van der Waals surface area (Å²) in [5.74, 6) is 2.72. The van der Waals surface area contributed by atoms with Crippen LogP contribution in [0.25, 0.3) is 10.2 Å². The van der Waals surface area contributed by atoms with Crippen molar-refractivity contribution in [2.24, 2.45) is 0 Å². The third kappa shape index (κ3) is 2.79. The lowest BCUT2D eigenvalue weighted by atomic mass is 10.2. The molecule has 1 atom stereocenters. The zero-order valence-electron chi connectivity index (χ0n) is 13.1. The quantitative estimate of drug-likeness (QED) is 0.729. The van der Waals surface area contributed by atoms with Crippen molar-refractivity contribution in [1.29, 1.82) is 0 Å². The number of rotatable bonds is 3. The van der Waals surface area contributed by atoms with Crippen LogP contribution >= 0.6 is 11.3 Å². The van der Waals surface area contributed by atoms with E-state index in [1.165, 1.54) is 0 Å². The first-order valence-corrected chi connectivity index (χ1v) is 8.51. The number of hydrogen-bond acceptors (Lipinski definition) is 7. The Balaban J connectivity index is 1.55. The van der Waals surface area contributed by atoms with E-state index in [0.717, 1.165) is 40.8 Å². The number of aryl methyl sites for hydroxylation is 2. The van der Waals surface area contributed by atoms with Crippen LogP contribution in [-0.2, 0) is 11.3 Å². The van der Waals surface area contributed by atoms with Crippen molar-refractivity contribution in [2.45, 2.75) is 26.5 Å². The molecule has 0 saturated carbocycles. The topological polar surface area (TPSA) is 69.0 Å². The van der Waals surface area contributed by atoms with Crippen molar-refractivity contribution in [3.63, 3.8) is 0 Å². The van der Waals surface area contributed by atoms with E-state index in [4.69, 9.17) is 4.74 Å². The first-order valence-electron chi connectivity index (χ1n) is 7.63. The molecular weight excluding hydrogens is 312 g/mol. The number of morpholine rings is 1. The molecule has 1 fully saturated rings. The largest absolute Gasteiger partial charge is 0.373 e. The second-order valence-corrected chi connectivity index (χ2v) is 6.56. The average Bonchev–Trinajstić information content (AvgIpc) is 3.14. The average molecular weight is 330 g/mol.